The van der Waals surface area contributed by atoms with Gasteiger partial charge in [-0.2, -0.15) is 0 Å². The van der Waals surface area contributed by atoms with Crippen molar-refractivity contribution < 1.29 is 23.5 Å². The number of aliphatic hydroxyl groups excluding tert-OH is 1. The summed E-state index contributed by atoms with van der Waals surface area (Å²) in [5.41, 5.74) is -1.39. The number of β-amino-alcohol motifs (C(OH)–C–C–N with tert-alkyl or cyclic N) is 1. The third kappa shape index (κ3) is 2.19. The van der Waals surface area contributed by atoms with Gasteiger partial charge in [0, 0.05) is 11.5 Å². The highest BCUT2D eigenvalue weighted by Crippen LogP contribution is 2.60. The molecular formula is C18H21F2NO3. The molecule has 1 N–H and O–H groups in total. The third-order valence-electron chi connectivity index (χ3n) is 6.18. The summed E-state index contributed by atoms with van der Waals surface area (Å²) in [5, 5.41) is 10.3. The van der Waals surface area contributed by atoms with Crippen molar-refractivity contribution in [3.8, 4) is 0 Å². The van der Waals surface area contributed by atoms with Crippen LogP contribution in [0.25, 0.3) is 0 Å². The van der Waals surface area contributed by atoms with Gasteiger partial charge in [-0.25, -0.2) is 8.78 Å². The number of piperidine rings is 1. The van der Waals surface area contributed by atoms with E-state index in [1.165, 1.54) is 0 Å². The van der Waals surface area contributed by atoms with E-state index in [2.05, 4.69) is 0 Å². The number of hydrogen-bond acceptors (Lipinski definition) is 3. The Morgan fingerprint density at radius 3 is 2.62 bits per heavy atom. The van der Waals surface area contributed by atoms with E-state index in [9.17, 15) is 23.5 Å². The van der Waals surface area contributed by atoms with Gasteiger partial charge in [-0.15, -0.1) is 0 Å². The molecule has 0 radical (unpaired) electrons. The molecule has 1 saturated heterocycles. The minimum absolute atomic E-state index is 0.252. The van der Waals surface area contributed by atoms with Gasteiger partial charge in [0.2, 0.25) is 11.8 Å². The van der Waals surface area contributed by atoms with Crippen molar-refractivity contribution in [2.45, 2.75) is 39.7 Å². The fraction of sp³-hybridized carbons (Fsp3) is 0.556. The zero-order chi connectivity index (χ0) is 17.9. The van der Waals surface area contributed by atoms with E-state index in [0.717, 1.165) is 23.1 Å². The molecule has 1 aromatic carbocycles. The summed E-state index contributed by atoms with van der Waals surface area (Å²) < 4.78 is 27.1. The summed E-state index contributed by atoms with van der Waals surface area (Å²) in [6.07, 6.45) is -0.233. The molecule has 0 spiro atoms. The lowest BCUT2D eigenvalue weighted by molar-refractivity contribution is -0.169. The van der Waals surface area contributed by atoms with Crippen LogP contribution in [0.4, 0.5) is 8.78 Å². The Balaban J connectivity index is 1.90. The van der Waals surface area contributed by atoms with Crippen molar-refractivity contribution in [2.24, 2.45) is 16.7 Å². The first kappa shape index (κ1) is 17.0. The number of rotatable bonds is 3. The van der Waals surface area contributed by atoms with E-state index >= 15 is 0 Å². The largest absolute Gasteiger partial charge is 0.386 e. The van der Waals surface area contributed by atoms with Crippen LogP contribution in [0.2, 0.25) is 0 Å². The normalized spacial score (nSPS) is 29.9. The molecule has 3 rings (SSSR count). The maximum Gasteiger partial charge on any atom is 0.235 e. The first-order chi connectivity index (χ1) is 11.1. The van der Waals surface area contributed by atoms with Gasteiger partial charge in [0.05, 0.1) is 18.1 Å². The van der Waals surface area contributed by atoms with Gasteiger partial charge in [-0.1, -0.05) is 20.8 Å². The van der Waals surface area contributed by atoms with Gasteiger partial charge in [-0.05, 0) is 36.5 Å². The second kappa shape index (κ2) is 5.34. The van der Waals surface area contributed by atoms with Gasteiger partial charge >= 0.3 is 0 Å². The average molecular weight is 337 g/mol. The second-order valence-corrected chi connectivity index (χ2v) is 7.58. The Labute approximate surface area is 139 Å². The van der Waals surface area contributed by atoms with Crippen LogP contribution in [-0.2, 0) is 9.59 Å². The van der Waals surface area contributed by atoms with Crippen molar-refractivity contribution in [3.05, 3.63) is 35.4 Å². The number of likely N-dealkylation sites (tertiary alicyclic amines) is 1. The molecule has 130 valence electrons. The molecule has 1 aliphatic carbocycles. The third-order valence-corrected chi connectivity index (χ3v) is 6.18. The van der Waals surface area contributed by atoms with Crippen LogP contribution in [0.5, 0.6) is 0 Å². The number of halogens is 2. The number of fused-ring (bicyclic) bond motifs is 2. The quantitative estimate of drug-likeness (QED) is 0.863. The van der Waals surface area contributed by atoms with Crippen LogP contribution in [0.3, 0.4) is 0 Å². The molecule has 1 heterocycles. The first-order valence-corrected chi connectivity index (χ1v) is 8.08. The lowest BCUT2D eigenvalue weighted by atomic mass is 9.62. The number of nitrogens with zero attached hydrogens (tertiary/aromatic N) is 1. The topological polar surface area (TPSA) is 57.6 Å². The monoisotopic (exact) mass is 337 g/mol. The molecule has 1 aromatic rings. The molecule has 2 fully saturated rings. The Hall–Kier alpha value is -1.82. The van der Waals surface area contributed by atoms with Gasteiger partial charge in [0.1, 0.15) is 11.6 Å². The summed E-state index contributed by atoms with van der Waals surface area (Å²) in [6.45, 7) is 5.31. The zero-order valence-corrected chi connectivity index (χ0v) is 14.0. The number of amides is 2. The highest BCUT2D eigenvalue weighted by atomic mass is 19.1. The van der Waals surface area contributed by atoms with Crippen LogP contribution >= 0.6 is 0 Å². The first-order valence-electron chi connectivity index (χ1n) is 8.08. The van der Waals surface area contributed by atoms with E-state index in [1.54, 1.807) is 0 Å². The maximum atomic E-state index is 13.8. The standard InChI is InChI=1S/C18H21F2NO3/c1-17(2)12-6-7-18(17,3)16(24)21(15(12)23)9-14(22)11-8-10(19)4-5-13(11)20/h4-5,8,12,14,22H,6-7,9H2,1-3H3/t12-,14-,18+/m0/s1. The molecule has 3 atom stereocenters. The van der Waals surface area contributed by atoms with Gasteiger partial charge in [-0.3, -0.25) is 14.5 Å². The van der Waals surface area contributed by atoms with Crippen molar-refractivity contribution in [3.63, 3.8) is 0 Å². The second-order valence-electron chi connectivity index (χ2n) is 7.58. The van der Waals surface area contributed by atoms with Crippen LogP contribution in [-0.4, -0.2) is 28.4 Å². The predicted octanol–water partition coefficient (Wildman–Crippen LogP) is 2.81. The number of benzene rings is 1. The molecule has 24 heavy (non-hydrogen) atoms. The molecule has 2 bridgehead atoms. The smallest absolute Gasteiger partial charge is 0.235 e. The molecule has 0 aromatic heterocycles. The van der Waals surface area contributed by atoms with Gasteiger partial charge in [0.25, 0.3) is 0 Å². The van der Waals surface area contributed by atoms with E-state index in [4.69, 9.17) is 0 Å². The van der Waals surface area contributed by atoms with Gasteiger partial charge < -0.3 is 5.11 Å². The SMILES string of the molecule is CC1(C)[C@H]2CC[C@]1(C)C(=O)N(C[C@H](O)c1cc(F)ccc1F)C2=O. The van der Waals surface area contributed by atoms with E-state index in [-0.39, 0.29) is 29.8 Å². The number of carbonyl (C=O) groups is 2. The van der Waals surface area contributed by atoms with Crippen LogP contribution < -0.4 is 0 Å². The van der Waals surface area contributed by atoms with Crippen molar-refractivity contribution in [1.82, 2.24) is 4.90 Å². The fourth-order valence-corrected chi connectivity index (χ4v) is 4.12. The molecule has 2 aliphatic rings. The van der Waals surface area contributed by atoms with E-state index in [1.807, 2.05) is 20.8 Å². The Bertz CT molecular complexity index is 718. The highest BCUT2D eigenvalue weighted by Gasteiger charge is 2.64. The number of hydrogen-bond donors (Lipinski definition) is 1. The molecule has 0 unspecified atom stereocenters. The van der Waals surface area contributed by atoms with Crippen LogP contribution in [0.1, 0.15) is 45.3 Å². The van der Waals surface area contributed by atoms with Gasteiger partial charge in [0.15, 0.2) is 0 Å². The number of imide groups is 1. The molecule has 2 amide bonds. The van der Waals surface area contributed by atoms with E-state index < -0.39 is 28.6 Å². The molecular weight excluding hydrogens is 316 g/mol. The maximum absolute atomic E-state index is 13.8. The number of carbonyl (C=O) groups excluding carboxylic acids is 2. The summed E-state index contributed by atoms with van der Waals surface area (Å²) >= 11 is 0. The Morgan fingerprint density at radius 2 is 1.96 bits per heavy atom. The summed E-state index contributed by atoms with van der Waals surface area (Å²) in [6, 6.07) is 2.76. The van der Waals surface area contributed by atoms with E-state index in [0.29, 0.717) is 12.8 Å². The van der Waals surface area contributed by atoms with Crippen molar-refractivity contribution >= 4 is 11.8 Å². The lowest BCUT2D eigenvalue weighted by Gasteiger charge is -2.48. The predicted molar refractivity (Wildman–Crippen MR) is 82.6 cm³/mol. The fourth-order valence-electron chi connectivity index (χ4n) is 4.12. The molecule has 4 nitrogen and oxygen atoms in total. The van der Waals surface area contributed by atoms with Crippen LogP contribution in [0, 0.1) is 28.4 Å². The van der Waals surface area contributed by atoms with Crippen molar-refractivity contribution in [2.75, 3.05) is 6.54 Å². The summed E-state index contributed by atoms with van der Waals surface area (Å²) in [7, 11) is 0. The minimum atomic E-state index is -1.46. The summed E-state index contributed by atoms with van der Waals surface area (Å²) in [5.74, 6) is -2.44. The Kier molecular flexibility index (Phi) is 3.79. The minimum Gasteiger partial charge on any atom is -0.386 e. The molecule has 6 heteroatoms. The number of aliphatic hydroxyl groups is 1. The zero-order valence-electron chi connectivity index (χ0n) is 14.0. The lowest BCUT2D eigenvalue weighted by Crippen LogP contribution is -2.59. The van der Waals surface area contributed by atoms with Crippen molar-refractivity contribution in [1.29, 1.82) is 0 Å². The molecule has 1 saturated carbocycles. The highest BCUT2D eigenvalue weighted by molar-refractivity contribution is 6.03. The average Bonchev–Trinajstić information content (AvgIpc) is 2.70. The Morgan fingerprint density at radius 1 is 1.29 bits per heavy atom. The summed E-state index contributed by atoms with van der Waals surface area (Å²) in [4.78, 5) is 26.6. The van der Waals surface area contributed by atoms with Crippen LogP contribution in [0.15, 0.2) is 18.2 Å². The molecule has 1 aliphatic heterocycles.